The van der Waals surface area contributed by atoms with E-state index in [1.165, 1.54) is 6.07 Å². The highest BCUT2D eigenvalue weighted by Crippen LogP contribution is 2.11. The molecule has 4 nitrogen and oxygen atoms in total. The number of benzene rings is 1. The van der Waals surface area contributed by atoms with Crippen molar-refractivity contribution in [2.24, 2.45) is 0 Å². The van der Waals surface area contributed by atoms with Crippen molar-refractivity contribution in [1.29, 1.82) is 5.26 Å². The summed E-state index contributed by atoms with van der Waals surface area (Å²) in [6.07, 6.45) is -1.69. The van der Waals surface area contributed by atoms with E-state index >= 15 is 0 Å². The van der Waals surface area contributed by atoms with Crippen molar-refractivity contribution in [2.45, 2.75) is 26.1 Å². The Morgan fingerprint density at radius 2 is 2.41 bits per heavy atom. The first-order valence-corrected chi connectivity index (χ1v) is 5.27. The van der Waals surface area contributed by atoms with E-state index in [9.17, 15) is 9.18 Å². The molecule has 1 N–H and O–H groups in total. The van der Waals surface area contributed by atoms with Gasteiger partial charge in [-0.2, -0.15) is 5.26 Å². The van der Waals surface area contributed by atoms with Crippen molar-refractivity contribution in [3.05, 3.63) is 29.8 Å². The number of rotatable bonds is 4. The van der Waals surface area contributed by atoms with Gasteiger partial charge in [-0.05, 0) is 24.6 Å². The topological polar surface area (TPSA) is 62.1 Å². The quantitative estimate of drug-likeness (QED) is 0.873. The molecule has 1 aromatic carbocycles. The molecule has 0 spiro atoms. The first-order chi connectivity index (χ1) is 8.15. The van der Waals surface area contributed by atoms with Gasteiger partial charge in [0.25, 0.3) is 0 Å². The highest BCUT2D eigenvalue weighted by molar-refractivity contribution is 5.84. The second-order valence-electron chi connectivity index (χ2n) is 3.42. The van der Waals surface area contributed by atoms with E-state index in [0.29, 0.717) is 17.7 Å². The molecule has 0 heterocycles. The first-order valence-electron chi connectivity index (χ1n) is 5.27. The average Bonchev–Trinajstić information content (AvgIpc) is 2.29. The van der Waals surface area contributed by atoms with Gasteiger partial charge in [-0.1, -0.05) is 13.0 Å². The highest BCUT2D eigenvalue weighted by Gasteiger charge is 2.11. The fourth-order valence-electron chi connectivity index (χ4n) is 1.22. The first kappa shape index (κ1) is 13.0. The molecule has 1 amide bonds. The summed E-state index contributed by atoms with van der Waals surface area (Å²) in [5.41, 5.74) is 0.811. The normalized spacial score (nSPS) is 11.4. The van der Waals surface area contributed by atoms with Crippen LogP contribution < -0.4 is 5.32 Å². The summed E-state index contributed by atoms with van der Waals surface area (Å²) in [7, 11) is 0. The number of anilines is 1. The number of alkyl halides is 1. The third-order valence-electron chi connectivity index (χ3n) is 1.99. The molecule has 0 bridgehead atoms. The van der Waals surface area contributed by atoms with Crippen LogP contribution in [-0.4, -0.2) is 12.5 Å². The number of carbonyl (C=O) groups is 1. The molecule has 0 aliphatic heterocycles. The molecule has 90 valence electrons. The molecule has 1 rings (SSSR count). The van der Waals surface area contributed by atoms with Crippen LogP contribution in [0.3, 0.4) is 0 Å². The lowest BCUT2D eigenvalue weighted by molar-refractivity contribution is 0.0159. The van der Waals surface area contributed by atoms with Crippen LogP contribution in [0, 0.1) is 11.3 Å². The van der Waals surface area contributed by atoms with Crippen LogP contribution in [0.5, 0.6) is 0 Å². The fraction of sp³-hybridized carbons (Fsp3) is 0.333. The van der Waals surface area contributed by atoms with Crippen molar-refractivity contribution >= 4 is 11.8 Å². The van der Waals surface area contributed by atoms with E-state index < -0.39 is 12.5 Å². The number of nitrogens with one attached hydrogen (secondary N) is 1. The molecule has 0 fully saturated rings. The summed E-state index contributed by atoms with van der Waals surface area (Å²) in [4.78, 5) is 11.2. The number of nitriles is 1. The lowest BCUT2D eigenvalue weighted by Gasteiger charge is -2.10. The van der Waals surface area contributed by atoms with E-state index in [4.69, 9.17) is 5.26 Å². The fourth-order valence-corrected chi connectivity index (χ4v) is 1.22. The highest BCUT2D eigenvalue weighted by atomic mass is 19.1. The Bertz CT molecular complexity index is 429. The molecule has 5 heteroatoms. The molecule has 0 aliphatic carbocycles. The zero-order chi connectivity index (χ0) is 12.7. The zero-order valence-corrected chi connectivity index (χ0v) is 9.44. The van der Waals surface area contributed by atoms with Crippen LogP contribution >= 0.6 is 0 Å². The number of amides is 1. The van der Waals surface area contributed by atoms with Gasteiger partial charge in [0.05, 0.1) is 11.6 Å². The Balaban J connectivity index is 2.53. The SMILES string of the molecule is CCCC(F)OC(=O)Nc1cccc(C#N)c1. The molecule has 1 unspecified atom stereocenters. The minimum atomic E-state index is -1.60. The minimum absolute atomic E-state index is 0.172. The largest absolute Gasteiger partial charge is 0.415 e. The van der Waals surface area contributed by atoms with Gasteiger partial charge in [0.2, 0.25) is 6.36 Å². The maximum absolute atomic E-state index is 13.0. The Morgan fingerprint density at radius 1 is 1.65 bits per heavy atom. The molecule has 0 aliphatic rings. The molecule has 0 aromatic heterocycles. The predicted octanol–water partition coefficient (Wildman–Crippen LogP) is 3.20. The Hall–Kier alpha value is -2.09. The number of ether oxygens (including phenoxy) is 1. The Kier molecular flexibility index (Phi) is 4.95. The van der Waals surface area contributed by atoms with E-state index in [-0.39, 0.29) is 6.42 Å². The van der Waals surface area contributed by atoms with Gasteiger partial charge in [-0.15, -0.1) is 0 Å². The van der Waals surface area contributed by atoms with Gasteiger partial charge in [0, 0.05) is 12.1 Å². The Morgan fingerprint density at radius 3 is 3.06 bits per heavy atom. The number of hydrogen-bond donors (Lipinski definition) is 1. The van der Waals surface area contributed by atoms with Gasteiger partial charge >= 0.3 is 6.09 Å². The molecule has 1 atom stereocenters. The molecule has 1 aromatic rings. The molecular formula is C12H13FN2O2. The molecule has 0 radical (unpaired) electrons. The van der Waals surface area contributed by atoms with Crippen LogP contribution in [0.2, 0.25) is 0 Å². The van der Waals surface area contributed by atoms with Crippen LogP contribution in [0.25, 0.3) is 0 Å². The lowest BCUT2D eigenvalue weighted by Crippen LogP contribution is -2.19. The minimum Gasteiger partial charge on any atom is -0.415 e. The lowest BCUT2D eigenvalue weighted by atomic mass is 10.2. The van der Waals surface area contributed by atoms with Gasteiger partial charge in [0.1, 0.15) is 0 Å². The number of halogens is 1. The number of nitrogens with zero attached hydrogens (tertiary/aromatic N) is 1. The van der Waals surface area contributed by atoms with Gasteiger partial charge in [-0.3, -0.25) is 5.32 Å². The van der Waals surface area contributed by atoms with Crippen molar-refractivity contribution in [3.63, 3.8) is 0 Å². The van der Waals surface area contributed by atoms with Crippen LogP contribution in [0.4, 0.5) is 14.9 Å². The summed E-state index contributed by atoms with van der Waals surface area (Å²) < 4.78 is 17.4. The van der Waals surface area contributed by atoms with Crippen molar-refractivity contribution in [3.8, 4) is 6.07 Å². The summed E-state index contributed by atoms with van der Waals surface area (Å²) in [5, 5.41) is 11.0. The van der Waals surface area contributed by atoms with Crippen molar-refractivity contribution < 1.29 is 13.9 Å². The third kappa shape index (κ3) is 4.51. The average molecular weight is 236 g/mol. The second kappa shape index (κ2) is 6.48. The predicted molar refractivity (Wildman–Crippen MR) is 61.1 cm³/mol. The molecule has 0 saturated heterocycles. The van der Waals surface area contributed by atoms with E-state index in [0.717, 1.165) is 0 Å². The second-order valence-corrected chi connectivity index (χ2v) is 3.42. The van der Waals surface area contributed by atoms with Gasteiger partial charge < -0.3 is 4.74 Å². The summed E-state index contributed by atoms with van der Waals surface area (Å²) in [6.45, 7) is 1.80. The van der Waals surface area contributed by atoms with Crippen molar-refractivity contribution in [1.82, 2.24) is 0 Å². The summed E-state index contributed by atoms with van der Waals surface area (Å²) in [5.74, 6) is 0. The summed E-state index contributed by atoms with van der Waals surface area (Å²) >= 11 is 0. The van der Waals surface area contributed by atoms with E-state index in [2.05, 4.69) is 10.1 Å². The Labute approximate surface area is 99.0 Å². The molecule has 17 heavy (non-hydrogen) atoms. The van der Waals surface area contributed by atoms with Crippen molar-refractivity contribution in [2.75, 3.05) is 5.32 Å². The van der Waals surface area contributed by atoms with E-state index in [1.807, 2.05) is 6.07 Å². The van der Waals surface area contributed by atoms with Crippen LogP contribution in [0.15, 0.2) is 24.3 Å². The smallest absolute Gasteiger partial charge is 0.414 e. The number of hydrogen-bond acceptors (Lipinski definition) is 3. The standard InChI is InChI=1S/C12H13FN2O2/c1-2-4-11(13)17-12(16)15-10-6-3-5-9(7-10)8-14/h3,5-7,11H,2,4H2,1H3,(H,15,16). The zero-order valence-electron chi connectivity index (χ0n) is 9.44. The number of carbonyl (C=O) groups excluding carboxylic acids is 1. The third-order valence-corrected chi connectivity index (χ3v) is 1.99. The summed E-state index contributed by atoms with van der Waals surface area (Å²) in [6, 6.07) is 8.23. The monoisotopic (exact) mass is 236 g/mol. The van der Waals surface area contributed by atoms with E-state index in [1.54, 1.807) is 25.1 Å². The molecule has 0 saturated carbocycles. The van der Waals surface area contributed by atoms with Crippen LogP contribution in [0.1, 0.15) is 25.3 Å². The van der Waals surface area contributed by atoms with Gasteiger partial charge in [-0.25, -0.2) is 9.18 Å². The van der Waals surface area contributed by atoms with Gasteiger partial charge in [0.15, 0.2) is 0 Å². The maximum Gasteiger partial charge on any atom is 0.414 e. The maximum atomic E-state index is 13.0. The molecular weight excluding hydrogens is 223 g/mol. The van der Waals surface area contributed by atoms with Crippen LogP contribution in [-0.2, 0) is 4.74 Å².